The molecule has 1 fully saturated rings. The molecule has 0 heteroatoms. The van der Waals surface area contributed by atoms with E-state index >= 15 is 0 Å². The van der Waals surface area contributed by atoms with Gasteiger partial charge in [-0.25, -0.2) is 0 Å². The molecule has 0 nitrogen and oxygen atoms in total. The summed E-state index contributed by atoms with van der Waals surface area (Å²) in [6, 6.07) is 0. The van der Waals surface area contributed by atoms with E-state index in [4.69, 9.17) is 0 Å². The molecular weight excluding hydrogens is 180 g/mol. The van der Waals surface area contributed by atoms with Crippen LogP contribution in [0.1, 0.15) is 85.5 Å². The lowest BCUT2D eigenvalue weighted by molar-refractivity contribution is 0.0827. The first kappa shape index (κ1) is 13.1. The lowest BCUT2D eigenvalue weighted by atomic mass is 9.63. The summed E-state index contributed by atoms with van der Waals surface area (Å²) in [5.41, 5.74) is 1.05. The van der Waals surface area contributed by atoms with Gasteiger partial charge in [-0.15, -0.1) is 0 Å². The molecule has 0 saturated heterocycles. The van der Waals surface area contributed by atoms with Crippen LogP contribution in [0.2, 0.25) is 0 Å². The summed E-state index contributed by atoms with van der Waals surface area (Å²) in [5.74, 6) is 0. The van der Waals surface area contributed by atoms with Gasteiger partial charge in [0.1, 0.15) is 0 Å². The van der Waals surface area contributed by atoms with Crippen molar-refractivity contribution in [1.82, 2.24) is 0 Å². The van der Waals surface area contributed by atoms with Crippen LogP contribution in [0.5, 0.6) is 0 Å². The third kappa shape index (κ3) is 3.81. The second-order valence-corrected chi connectivity index (χ2v) is 6.74. The topological polar surface area (TPSA) is 0 Å². The van der Waals surface area contributed by atoms with Gasteiger partial charge in [-0.05, 0) is 23.7 Å². The van der Waals surface area contributed by atoms with Crippen molar-refractivity contribution in [3.05, 3.63) is 0 Å². The van der Waals surface area contributed by atoms with Crippen LogP contribution in [-0.2, 0) is 0 Å². The Labute approximate surface area is 96.8 Å². The van der Waals surface area contributed by atoms with Gasteiger partial charge in [0.2, 0.25) is 0 Å². The molecule has 0 amide bonds. The fraction of sp³-hybridized carbons (Fsp3) is 1.00. The Morgan fingerprint density at radius 3 is 1.07 bits per heavy atom. The smallest absolute Gasteiger partial charge is 0.0303 e. The van der Waals surface area contributed by atoms with Crippen molar-refractivity contribution in [2.45, 2.75) is 85.5 Å². The summed E-state index contributed by atoms with van der Waals surface area (Å²) in [4.78, 5) is 0. The van der Waals surface area contributed by atoms with Crippen molar-refractivity contribution in [3.8, 4) is 0 Å². The second-order valence-electron chi connectivity index (χ2n) is 6.74. The van der Waals surface area contributed by atoms with Crippen LogP contribution in [0.4, 0.5) is 0 Å². The van der Waals surface area contributed by atoms with Gasteiger partial charge in [0.15, 0.2) is 0 Å². The van der Waals surface area contributed by atoms with Crippen molar-refractivity contribution < 1.29 is 0 Å². The molecule has 0 N–H and O–H groups in total. The highest BCUT2D eigenvalue weighted by Gasteiger charge is 2.35. The Morgan fingerprint density at radius 2 is 0.733 bits per heavy atom. The van der Waals surface area contributed by atoms with E-state index in [-0.39, 0.29) is 0 Å². The van der Waals surface area contributed by atoms with Crippen molar-refractivity contribution in [2.24, 2.45) is 10.8 Å². The average molecular weight is 210 g/mol. The minimum absolute atomic E-state index is 0.525. The molecule has 0 atom stereocenters. The van der Waals surface area contributed by atoms with Crippen molar-refractivity contribution in [2.75, 3.05) is 0 Å². The Bertz CT molecular complexity index is 156. The monoisotopic (exact) mass is 210 g/mol. The van der Waals surface area contributed by atoms with Crippen LogP contribution in [0.15, 0.2) is 0 Å². The zero-order valence-electron chi connectivity index (χ0n) is 11.4. The first-order valence-electron chi connectivity index (χ1n) is 6.96. The van der Waals surface area contributed by atoms with Crippen molar-refractivity contribution in [1.29, 1.82) is 0 Å². The lowest BCUT2D eigenvalue weighted by Crippen LogP contribution is -2.32. The molecule has 90 valence electrons. The predicted octanol–water partition coefficient (Wildman–Crippen LogP) is 5.56. The second kappa shape index (κ2) is 5.37. The molecule has 0 radical (unpaired) electrons. The van der Waals surface area contributed by atoms with Crippen LogP contribution >= 0.6 is 0 Å². The van der Waals surface area contributed by atoms with E-state index in [1.165, 1.54) is 57.8 Å². The highest BCUT2D eigenvalue weighted by atomic mass is 14.4. The fourth-order valence-corrected chi connectivity index (χ4v) is 2.69. The molecule has 1 aliphatic carbocycles. The van der Waals surface area contributed by atoms with Gasteiger partial charge in [-0.2, -0.15) is 0 Å². The van der Waals surface area contributed by atoms with E-state index in [9.17, 15) is 0 Å². The van der Waals surface area contributed by atoms with Gasteiger partial charge in [0.05, 0.1) is 0 Å². The molecule has 0 unspecified atom stereocenters. The van der Waals surface area contributed by atoms with Gasteiger partial charge >= 0.3 is 0 Å². The minimum Gasteiger partial charge on any atom is -0.0594 e. The van der Waals surface area contributed by atoms with Crippen LogP contribution in [0.3, 0.4) is 0 Å². The molecule has 0 heterocycles. The van der Waals surface area contributed by atoms with Crippen LogP contribution in [-0.4, -0.2) is 0 Å². The molecule has 0 spiro atoms. The van der Waals surface area contributed by atoms with Gasteiger partial charge in [-0.1, -0.05) is 72.6 Å². The molecule has 0 aromatic carbocycles. The van der Waals surface area contributed by atoms with Gasteiger partial charge in [0.25, 0.3) is 0 Å². The molecule has 0 aromatic rings. The standard InChI is InChI=1S/C15H30/c1-14(2)12-10-8-6-5-7-9-11-13-15(14,3)4/h5-13H2,1-4H3. The van der Waals surface area contributed by atoms with Crippen LogP contribution in [0.25, 0.3) is 0 Å². The van der Waals surface area contributed by atoms with Crippen molar-refractivity contribution in [3.63, 3.8) is 0 Å². The molecule has 0 aliphatic heterocycles. The number of hydrogen-bond donors (Lipinski definition) is 0. The summed E-state index contributed by atoms with van der Waals surface area (Å²) < 4.78 is 0. The number of hydrogen-bond acceptors (Lipinski definition) is 0. The maximum Gasteiger partial charge on any atom is -0.0303 e. The summed E-state index contributed by atoms with van der Waals surface area (Å²) in [6.07, 6.45) is 13.0. The maximum absolute atomic E-state index is 2.48. The first-order valence-corrected chi connectivity index (χ1v) is 6.96. The highest BCUT2D eigenvalue weighted by molar-refractivity contribution is 4.86. The Kier molecular flexibility index (Phi) is 4.67. The fourth-order valence-electron chi connectivity index (χ4n) is 2.69. The predicted molar refractivity (Wildman–Crippen MR) is 69.1 cm³/mol. The largest absolute Gasteiger partial charge is 0.0594 e. The molecule has 0 bridgehead atoms. The van der Waals surface area contributed by atoms with E-state index in [0.29, 0.717) is 10.8 Å². The summed E-state index contributed by atoms with van der Waals surface area (Å²) >= 11 is 0. The molecular formula is C15H30. The van der Waals surface area contributed by atoms with E-state index in [0.717, 1.165) is 0 Å². The average Bonchev–Trinajstić information content (AvgIpc) is 2.15. The SMILES string of the molecule is CC1(C)CCCCCCCCCC1(C)C. The number of rotatable bonds is 0. The van der Waals surface area contributed by atoms with Crippen molar-refractivity contribution >= 4 is 0 Å². The Hall–Kier alpha value is 0. The normalized spacial score (nSPS) is 28.0. The van der Waals surface area contributed by atoms with Crippen LogP contribution < -0.4 is 0 Å². The minimum atomic E-state index is 0.525. The van der Waals surface area contributed by atoms with E-state index in [1.807, 2.05) is 0 Å². The molecule has 1 saturated carbocycles. The molecule has 1 rings (SSSR count). The van der Waals surface area contributed by atoms with E-state index in [1.54, 1.807) is 0 Å². The third-order valence-corrected chi connectivity index (χ3v) is 4.94. The lowest BCUT2D eigenvalue weighted by Gasteiger charge is -2.42. The molecule has 0 aromatic heterocycles. The highest BCUT2D eigenvalue weighted by Crippen LogP contribution is 2.46. The molecule has 1 aliphatic rings. The zero-order valence-corrected chi connectivity index (χ0v) is 11.4. The summed E-state index contributed by atoms with van der Waals surface area (Å²) in [5, 5.41) is 0. The van der Waals surface area contributed by atoms with Gasteiger partial charge in [0, 0.05) is 0 Å². The summed E-state index contributed by atoms with van der Waals surface area (Å²) in [6.45, 7) is 9.91. The van der Waals surface area contributed by atoms with Gasteiger partial charge in [-0.3, -0.25) is 0 Å². The third-order valence-electron chi connectivity index (χ3n) is 4.94. The van der Waals surface area contributed by atoms with E-state index in [2.05, 4.69) is 27.7 Å². The Balaban J connectivity index is 2.59. The van der Waals surface area contributed by atoms with E-state index < -0.39 is 0 Å². The first-order chi connectivity index (χ1) is 6.96. The molecule has 15 heavy (non-hydrogen) atoms. The van der Waals surface area contributed by atoms with Gasteiger partial charge < -0.3 is 0 Å². The Morgan fingerprint density at radius 1 is 0.467 bits per heavy atom. The quantitative estimate of drug-likeness (QED) is 0.491. The maximum atomic E-state index is 2.48. The zero-order chi connectivity index (χ0) is 11.4. The van der Waals surface area contributed by atoms with Crippen LogP contribution in [0, 0.1) is 10.8 Å². The summed E-state index contributed by atoms with van der Waals surface area (Å²) in [7, 11) is 0.